The molecule has 1 atom stereocenters. The van der Waals surface area contributed by atoms with Crippen molar-refractivity contribution >= 4 is 11.7 Å². The normalized spacial score (nSPS) is 18.9. The fourth-order valence-electron chi connectivity index (χ4n) is 4.15. The first-order valence-corrected chi connectivity index (χ1v) is 10.1. The van der Waals surface area contributed by atoms with Gasteiger partial charge in [-0.3, -0.25) is 9.59 Å². The van der Waals surface area contributed by atoms with Gasteiger partial charge in [-0.25, -0.2) is 4.98 Å². The Bertz CT molecular complexity index is 1050. The second-order valence-corrected chi connectivity index (χ2v) is 7.91. The second-order valence-electron chi connectivity index (χ2n) is 7.91. The Hall–Kier alpha value is -3.25. The smallest absolute Gasteiger partial charge is 0.253 e. The fourth-order valence-corrected chi connectivity index (χ4v) is 4.15. The van der Waals surface area contributed by atoms with E-state index in [9.17, 15) is 14.7 Å². The average molecular weight is 403 g/mol. The number of hydrogen-bond acceptors (Lipinski definition) is 4. The van der Waals surface area contributed by atoms with Crippen LogP contribution in [0.2, 0.25) is 0 Å². The second kappa shape index (κ2) is 8.24. The van der Waals surface area contributed by atoms with E-state index in [0.717, 1.165) is 5.56 Å². The number of Topliss-reactive ketones (excluding diaryl/α,β-unsaturated/α-hetero) is 1. The summed E-state index contributed by atoms with van der Waals surface area (Å²) >= 11 is 0. The van der Waals surface area contributed by atoms with Crippen molar-refractivity contribution in [3.8, 4) is 11.3 Å². The number of piperidine rings is 1. The molecule has 1 amide bonds. The number of β-amino-alcohol motifs (C(OH)–C–C–N with tert-alkyl or cyclic N) is 1. The minimum absolute atomic E-state index is 0.0768. The van der Waals surface area contributed by atoms with Crippen molar-refractivity contribution < 1.29 is 14.7 Å². The SMILES string of the molecule is CC(=O)c1ncn(CC2(O)CCCN(C(=O)c3ccccc3)C2)c1-c1ccccc1. The predicted molar refractivity (Wildman–Crippen MR) is 114 cm³/mol. The summed E-state index contributed by atoms with van der Waals surface area (Å²) in [6, 6.07) is 18.7. The van der Waals surface area contributed by atoms with Crippen LogP contribution in [0.4, 0.5) is 0 Å². The van der Waals surface area contributed by atoms with E-state index in [4.69, 9.17) is 0 Å². The van der Waals surface area contributed by atoms with Crippen molar-refractivity contribution in [1.82, 2.24) is 14.5 Å². The van der Waals surface area contributed by atoms with Crippen LogP contribution in [-0.4, -0.2) is 49.9 Å². The molecule has 1 fully saturated rings. The number of benzene rings is 2. The maximum Gasteiger partial charge on any atom is 0.253 e. The Morgan fingerprint density at radius 2 is 1.73 bits per heavy atom. The highest BCUT2D eigenvalue weighted by atomic mass is 16.3. The van der Waals surface area contributed by atoms with E-state index in [1.807, 2.05) is 53.1 Å². The molecule has 4 rings (SSSR count). The number of hydrogen-bond donors (Lipinski definition) is 1. The summed E-state index contributed by atoms with van der Waals surface area (Å²) in [6.45, 7) is 2.61. The molecule has 1 N–H and O–H groups in total. The molecule has 1 aromatic heterocycles. The summed E-state index contributed by atoms with van der Waals surface area (Å²) in [5.74, 6) is -0.198. The number of amides is 1. The quantitative estimate of drug-likeness (QED) is 0.663. The molecule has 1 aliphatic rings. The molecular weight excluding hydrogens is 378 g/mol. The van der Waals surface area contributed by atoms with Crippen LogP contribution >= 0.6 is 0 Å². The Morgan fingerprint density at radius 1 is 1.07 bits per heavy atom. The molecule has 2 heterocycles. The molecule has 0 spiro atoms. The van der Waals surface area contributed by atoms with E-state index in [2.05, 4.69) is 4.98 Å². The topological polar surface area (TPSA) is 75.4 Å². The van der Waals surface area contributed by atoms with Crippen molar-refractivity contribution in [3.63, 3.8) is 0 Å². The predicted octanol–water partition coefficient (Wildman–Crippen LogP) is 3.42. The van der Waals surface area contributed by atoms with E-state index >= 15 is 0 Å². The maximum absolute atomic E-state index is 12.9. The van der Waals surface area contributed by atoms with Gasteiger partial charge in [0.05, 0.1) is 25.1 Å². The Labute approximate surface area is 175 Å². The Kier molecular flexibility index (Phi) is 5.50. The first kappa shape index (κ1) is 20.0. The number of likely N-dealkylation sites (tertiary alicyclic amines) is 1. The largest absolute Gasteiger partial charge is 0.386 e. The standard InChI is InChI=1S/C24H25N3O3/c1-18(28)21-22(19-9-4-2-5-10-19)27(17-25-21)16-24(30)13-8-14-26(15-24)23(29)20-11-6-3-7-12-20/h2-7,9-12,17,30H,8,13-16H2,1H3. The zero-order valence-corrected chi connectivity index (χ0v) is 17.0. The van der Waals surface area contributed by atoms with Gasteiger partial charge >= 0.3 is 0 Å². The van der Waals surface area contributed by atoms with Crippen LogP contribution in [0.1, 0.15) is 40.6 Å². The number of rotatable bonds is 5. The van der Waals surface area contributed by atoms with Crippen molar-refractivity contribution in [2.45, 2.75) is 31.9 Å². The van der Waals surface area contributed by atoms with Gasteiger partial charge in [0.15, 0.2) is 5.78 Å². The summed E-state index contributed by atoms with van der Waals surface area (Å²) < 4.78 is 1.84. The molecule has 0 radical (unpaired) electrons. The van der Waals surface area contributed by atoms with Gasteiger partial charge in [-0.05, 0) is 25.0 Å². The summed E-state index contributed by atoms with van der Waals surface area (Å²) in [6.07, 6.45) is 2.90. The summed E-state index contributed by atoms with van der Waals surface area (Å²) in [5, 5.41) is 11.4. The van der Waals surface area contributed by atoms with Gasteiger partial charge in [0, 0.05) is 24.6 Å². The zero-order valence-electron chi connectivity index (χ0n) is 17.0. The number of imidazole rings is 1. The Balaban J connectivity index is 1.61. The molecule has 2 aromatic carbocycles. The molecule has 0 aliphatic carbocycles. The van der Waals surface area contributed by atoms with Gasteiger partial charge < -0.3 is 14.6 Å². The van der Waals surface area contributed by atoms with Crippen LogP contribution in [0.15, 0.2) is 67.0 Å². The lowest BCUT2D eigenvalue weighted by Gasteiger charge is -2.39. The molecule has 3 aromatic rings. The van der Waals surface area contributed by atoms with Gasteiger partial charge in [-0.1, -0.05) is 48.5 Å². The zero-order chi connectivity index (χ0) is 21.1. The van der Waals surface area contributed by atoms with E-state index in [-0.39, 0.29) is 24.8 Å². The average Bonchev–Trinajstić information content (AvgIpc) is 3.17. The van der Waals surface area contributed by atoms with Crippen molar-refractivity contribution in [3.05, 3.63) is 78.2 Å². The van der Waals surface area contributed by atoms with Crippen LogP contribution in [-0.2, 0) is 6.54 Å². The number of carbonyl (C=O) groups excluding carboxylic acids is 2. The van der Waals surface area contributed by atoms with Crippen LogP contribution in [0, 0.1) is 0 Å². The van der Waals surface area contributed by atoms with Gasteiger partial charge in [0.25, 0.3) is 5.91 Å². The molecule has 0 saturated carbocycles. The fraction of sp³-hybridized carbons (Fsp3) is 0.292. The van der Waals surface area contributed by atoms with Gasteiger partial charge in [0.1, 0.15) is 11.3 Å². The number of carbonyl (C=O) groups is 2. The molecule has 1 aliphatic heterocycles. The van der Waals surface area contributed by atoms with Crippen LogP contribution in [0.5, 0.6) is 0 Å². The van der Waals surface area contributed by atoms with Crippen LogP contribution in [0.3, 0.4) is 0 Å². The van der Waals surface area contributed by atoms with Crippen LogP contribution in [0.25, 0.3) is 11.3 Å². The van der Waals surface area contributed by atoms with E-state index in [0.29, 0.717) is 36.3 Å². The van der Waals surface area contributed by atoms with Crippen molar-refractivity contribution in [2.75, 3.05) is 13.1 Å². The number of aromatic nitrogens is 2. The molecule has 1 unspecified atom stereocenters. The molecule has 30 heavy (non-hydrogen) atoms. The van der Waals surface area contributed by atoms with E-state index in [1.54, 1.807) is 23.4 Å². The van der Waals surface area contributed by atoms with Crippen LogP contribution < -0.4 is 0 Å². The first-order chi connectivity index (χ1) is 14.5. The van der Waals surface area contributed by atoms with Gasteiger partial charge in [-0.2, -0.15) is 0 Å². The van der Waals surface area contributed by atoms with Crippen molar-refractivity contribution in [1.29, 1.82) is 0 Å². The third-order valence-electron chi connectivity index (χ3n) is 5.55. The number of ketones is 1. The van der Waals surface area contributed by atoms with Gasteiger partial charge in [-0.15, -0.1) is 0 Å². The third kappa shape index (κ3) is 4.04. The minimum Gasteiger partial charge on any atom is -0.386 e. The molecule has 6 heteroatoms. The summed E-state index contributed by atoms with van der Waals surface area (Å²) in [5.41, 5.74) is 1.48. The maximum atomic E-state index is 12.9. The first-order valence-electron chi connectivity index (χ1n) is 10.1. The molecule has 1 saturated heterocycles. The van der Waals surface area contributed by atoms with E-state index < -0.39 is 5.60 Å². The monoisotopic (exact) mass is 403 g/mol. The lowest BCUT2D eigenvalue weighted by molar-refractivity contribution is -0.0360. The number of aliphatic hydroxyl groups is 1. The summed E-state index contributed by atoms with van der Waals surface area (Å²) in [4.78, 5) is 31.0. The lowest BCUT2D eigenvalue weighted by atomic mass is 9.91. The molecule has 154 valence electrons. The highest BCUT2D eigenvalue weighted by Gasteiger charge is 2.36. The minimum atomic E-state index is -1.10. The highest BCUT2D eigenvalue weighted by molar-refractivity contribution is 5.98. The third-order valence-corrected chi connectivity index (χ3v) is 5.55. The highest BCUT2D eigenvalue weighted by Crippen LogP contribution is 2.29. The molecular formula is C24H25N3O3. The van der Waals surface area contributed by atoms with E-state index in [1.165, 1.54) is 6.92 Å². The Morgan fingerprint density at radius 3 is 2.40 bits per heavy atom. The molecule has 0 bridgehead atoms. The van der Waals surface area contributed by atoms with Crippen molar-refractivity contribution in [2.24, 2.45) is 0 Å². The molecule has 6 nitrogen and oxygen atoms in total. The van der Waals surface area contributed by atoms with Gasteiger partial charge in [0.2, 0.25) is 0 Å². The number of nitrogens with zero attached hydrogens (tertiary/aromatic N) is 3. The summed E-state index contributed by atoms with van der Waals surface area (Å²) in [7, 11) is 0. The lowest BCUT2D eigenvalue weighted by Crippen LogP contribution is -2.52.